The van der Waals surface area contributed by atoms with E-state index < -0.39 is 0 Å². The number of anilines is 1. The summed E-state index contributed by atoms with van der Waals surface area (Å²) in [6, 6.07) is 3.57. The minimum atomic E-state index is 0.313. The van der Waals surface area contributed by atoms with Crippen molar-refractivity contribution in [3.8, 4) is 0 Å². The Kier molecular flexibility index (Phi) is 7.93. The van der Waals surface area contributed by atoms with E-state index in [9.17, 15) is 0 Å². The molecule has 4 N–H and O–H groups in total. The molecule has 4 rings (SSSR count). The van der Waals surface area contributed by atoms with Crippen molar-refractivity contribution in [3.05, 3.63) is 47.5 Å². The molecule has 1 aliphatic heterocycles. The van der Waals surface area contributed by atoms with E-state index in [4.69, 9.17) is 15.1 Å². The van der Waals surface area contributed by atoms with Gasteiger partial charge in [0.15, 0.2) is 0 Å². The zero-order valence-electron chi connectivity index (χ0n) is 20.2. The van der Waals surface area contributed by atoms with E-state index in [1.807, 2.05) is 31.5 Å². The van der Waals surface area contributed by atoms with E-state index in [0.29, 0.717) is 35.7 Å². The van der Waals surface area contributed by atoms with E-state index >= 15 is 0 Å². The smallest absolute Gasteiger partial charge is 0.223 e. The summed E-state index contributed by atoms with van der Waals surface area (Å²) in [6.45, 7) is 6.05. The molecule has 2 heterocycles. The Morgan fingerprint density at radius 1 is 1.03 bits per heavy atom. The highest BCUT2D eigenvalue weighted by atomic mass is 16.5. The second-order valence-electron chi connectivity index (χ2n) is 9.59. The minimum Gasteiger partial charge on any atom is -0.391 e. The van der Waals surface area contributed by atoms with Crippen molar-refractivity contribution >= 4 is 17.2 Å². The van der Waals surface area contributed by atoms with Gasteiger partial charge in [0.1, 0.15) is 0 Å². The first kappa shape index (κ1) is 23.6. The molecule has 0 amide bonds. The van der Waals surface area contributed by atoms with Gasteiger partial charge in [-0.1, -0.05) is 19.9 Å². The van der Waals surface area contributed by atoms with Gasteiger partial charge in [0.05, 0.1) is 11.4 Å². The zero-order valence-corrected chi connectivity index (χ0v) is 20.2. The fourth-order valence-corrected chi connectivity index (χ4v) is 5.03. The molecule has 33 heavy (non-hydrogen) atoms. The largest absolute Gasteiger partial charge is 0.391 e. The Morgan fingerprint density at radius 3 is 2.42 bits per heavy atom. The molecule has 1 saturated heterocycles. The number of rotatable bonds is 7. The van der Waals surface area contributed by atoms with E-state index in [-0.39, 0.29) is 0 Å². The second kappa shape index (κ2) is 11.1. The van der Waals surface area contributed by atoms with E-state index in [1.54, 1.807) is 0 Å². The number of aromatic nitrogens is 2. The SMILES string of the molecule is CN/C(=C1/C=C(c2ccnc(N[C@H]3CC[C@H](NC4CCOCC4)CC3)n2)C=CC1=N)C(C)C. The first-order chi connectivity index (χ1) is 16.0. The highest BCUT2D eigenvalue weighted by Gasteiger charge is 2.25. The normalized spacial score (nSPS) is 25.7. The first-order valence-electron chi connectivity index (χ1n) is 12.4. The molecule has 7 heteroatoms. The third kappa shape index (κ3) is 6.09. The summed E-state index contributed by atoms with van der Waals surface area (Å²) in [5, 5.41) is 19.0. The van der Waals surface area contributed by atoms with Crippen LogP contribution in [-0.4, -0.2) is 54.1 Å². The molecule has 178 valence electrons. The lowest BCUT2D eigenvalue weighted by Gasteiger charge is -2.33. The van der Waals surface area contributed by atoms with Gasteiger partial charge in [0.25, 0.3) is 0 Å². The maximum absolute atomic E-state index is 8.35. The van der Waals surface area contributed by atoms with Crippen LogP contribution in [0.15, 0.2) is 41.8 Å². The molecule has 1 aromatic rings. The molecule has 3 aliphatic rings. The van der Waals surface area contributed by atoms with Crippen molar-refractivity contribution in [1.82, 2.24) is 20.6 Å². The van der Waals surface area contributed by atoms with Gasteiger partial charge in [-0.3, -0.25) is 0 Å². The molecule has 2 fully saturated rings. The van der Waals surface area contributed by atoms with Gasteiger partial charge in [0.2, 0.25) is 5.95 Å². The lowest BCUT2D eigenvalue weighted by molar-refractivity contribution is 0.0730. The lowest BCUT2D eigenvalue weighted by atomic mass is 9.90. The Bertz CT molecular complexity index is 920. The maximum Gasteiger partial charge on any atom is 0.223 e. The predicted octanol–water partition coefficient (Wildman–Crippen LogP) is 4.07. The topological polar surface area (TPSA) is 95.0 Å². The molecule has 2 aliphatic carbocycles. The Hall–Kier alpha value is -2.51. The number of ether oxygens (including phenoxy) is 1. The van der Waals surface area contributed by atoms with Crippen LogP contribution in [0.3, 0.4) is 0 Å². The number of nitrogens with one attached hydrogen (secondary N) is 4. The lowest BCUT2D eigenvalue weighted by Crippen LogP contribution is -2.44. The average molecular weight is 451 g/mol. The van der Waals surface area contributed by atoms with Crippen molar-refractivity contribution < 1.29 is 4.74 Å². The van der Waals surface area contributed by atoms with Crippen molar-refractivity contribution in [2.24, 2.45) is 5.92 Å². The predicted molar refractivity (Wildman–Crippen MR) is 134 cm³/mol. The Balaban J connectivity index is 1.38. The van der Waals surface area contributed by atoms with Gasteiger partial charge in [-0.2, -0.15) is 0 Å². The van der Waals surface area contributed by atoms with Crippen molar-refractivity contribution in [2.75, 3.05) is 25.6 Å². The van der Waals surface area contributed by atoms with E-state index in [0.717, 1.165) is 61.4 Å². The summed E-state index contributed by atoms with van der Waals surface area (Å²) in [5.41, 5.74) is 4.40. The molecular formula is C26H38N6O. The zero-order chi connectivity index (χ0) is 23.2. The van der Waals surface area contributed by atoms with Gasteiger partial charge < -0.3 is 26.1 Å². The van der Waals surface area contributed by atoms with Crippen molar-refractivity contribution in [1.29, 1.82) is 5.41 Å². The van der Waals surface area contributed by atoms with Crippen LogP contribution in [0, 0.1) is 11.3 Å². The summed E-state index contributed by atoms with van der Waals surface area (Å²) in [6.07, 6.45) is 14.6. The number of hydrogen-bond donors (Lipinski definition) is 4. The van der Waals surface area contributed by atoms with Crippen LogP contribution in [0.1, 0.15) is 58.1 Å². The van der Waals surface area contributed by atoms with Crippen LogP contribution in [0.2, 0.25) is 0 Å². The molecule has 0 aromatic carbocycles. The van der Waals surface area contributed by atoms with Crippen LogP contribution in [-0.2, 0) is 4.74 Å². The van der Waals surface area contributed by atoms with E-state index in [1.165, 1.54) is 12.8 Å². The monoisotopic (exact) mass is 450 g/mol. The maximum atomic E-state index is 8.35. The summed E-state index contributed by atoms with van der Waals surface area (Å²) in [7, 11) is 1.92. The molecule has 0 bridgehead atoms. The summed E-state index contributed by atoms with van der Waals surface area (Å²) >= 11 is 0. The molecular weight excluding hydrogens is 412 g/mol. The van der Waals surface area contributed by atoms with Crippen LogP contribution >= 0.6 is 0 Å². The van der Waals surface area contributed by atoms with Crippen LogP contribution < -0.4 is 16.0 Å². The summed E-state index contributed by atoms with van der Waals surface area (Å²) < 4.78 is 5.48. The Morgan fingerprint density at radius 2 is 1.73 bits per heavy atom. The molecule has 0 atom stereocenters. The summed E-state index contributed by atoms with van der Waals surface area (Å²) in [5.74, 6) is 1.000. The molecule has 0 spiro atoms. The van der Waals surface area contributed by atoms with Crippen molar-refractivity contribution in [3.63, 3.8) is 0 Å². The van der Waals surface area contributed by atoms with Gasteiger partial charge in [-0.25, -0.2) is 9.97 Å². The second-order valence-corrected chi connectivity index (χ2v) is 9.59. The highest BCUT2D eigenvalue weighted by molar-refractivity contribution is 6.13. The molecule has 0 unspecified atom stereocenters. The van der Waals surface area contributed by atoms with Gasteiger partial charge >= 0.3 is 0 Å². The third-order valence-corrected chi connectivity index (χ3v) is 6.86. The van der Waals surface area contributed by atoms with Crippen molar-refractivity contribution in [2.45, 2.75) is 70.5 Å². The van der Waals surface area contributed by atoms with E-state index in [2.05, 4.69) is 40.9 Å². The summed E-state index contributed by atoms with van der Waals surface area (Å²) in [4.78, 5) is 9.29. The van der Waals surface area contributed by atoms with Gasteiger partial charge in [-0.05, 0) is 62.7 Å². The fourth-order valence-electron chi connectivity index (χ4n) is 5.03. The molecule has 1 aromatic heterocycles. The number of nitrogens with zero attached hydrogens (tertiary/aromatic N) is 2. The van der Waals surface area contributed by atoms with Gasteiger partial charge in [-0.15, -0.1) is 0 Å². The molecule has 7 nitrogen and oxygen atoms in total. The van der Waals surface area contributed by atoms with Crippen LogP contribution in [0.5, 0.6) is 0 Å². The number of hydrogen-bond acceptors (Lipinski definition) is 7. The number of allylic oxidation sites excluding steroid dienone is 6. The third-order valence-electron chi connectivity index (χ3n) is 6.86. The fraction of sp³-hybridized carbons (Fsp3) is 0.577. The van der Waals surface area contributed by atoms with Crippen LogP contribution in [0.25, 0.3) is 5.57 Å². The molecule has 0 radical (unpaired) electrons. The van der Waals surface area contributed by atoms with Crippen LogP contribution in [0.4, 0.5) is 5.95 Å². The average Bonchev–Trinajstić information content (AvgIpc) is 2.83. The standard InChI is InChI=1S/C26H38N6O/c1-17(2)25(28-3)22-16-18(4-9-23(22)27)24-10-13-29-26(32-24)31-20-7-5-19(6-8-20)30-21-11-14-33-15-12-21/h4,9-10,13,16-17,19-21,27-28,30H,5-8,11-12,14-15H2,1-3H3,(H,29,31,32)/b25-22-,27-23?/t19-,20-. The highest BCUT2D eigenvalue weighted by Crippen LogP contribution is 2.27. The van der Waals surface area contributed by atoms with Gasteiger partial charge in [0, 0.05) is 61.4 Å². The quantitative estimate of drug-likeness (QED) is 0.500. The minimum absolute atomic E-state index is 0.313. The first-order valence-corrected chi connectivity index (χ1v) is 12.4. The Labute approximate surface area is 197 Å². The molecule has 1 saturated carbocycles.